The Balaban J connectivity index is 2.16. The highest BCUT2D eigenvalue weighted by molar-refractivity contribution is 7.21. The summed E-state index contributed by atoms with van der Waals surface area (Å²) in [4.78, 5) is 12.6. The number of thiophene rings is 1. The molecule has 0 fully saturated rings. The van der Waals surface area contributed by atoms with Crippen molar-refractivity contribution in [2.45, 2.75) is 27.2 Å². The molecule has 20 heavy (non-hydrogen) atoms. The van der Waals surface area contributed by atoms with Crippen LogP contribution < -0.4 is 11.1 Å². The molecule has 0 aliphatic carbocycles. The topological polar surface area (TPSA) is 55.1 Å². The number of fused-ring (bicyclic) bond motifs is 1. The van der Waals surface area contributed by atoms with Gasteiger partial charge < -0.3 is 11.1 Å². The summed E-state index contributed by atoms with van der Waals surface area (Å²) >= 11 is 1.29. The van der Waals surface area contributed by atoms with Crippen molar-refractivity contribution in [2.75, 3.05) is 12.3 Å². The average molecular weight is 294 g/mol. The molecular weight excluding hydrogens is 275 g/mol. The van der Waals surface area contributed by atoms with Gasteiger partial charge in [0.1, 0.15) is 10.7 Å². The lowest BCUT2D eigenvalue weighted by molar-refractivity contribution is 0.0954. The van der Waals surface area contributed by atoms with Gasteiger partial charge in [-0.3, -0.25) is 4.79 Å². The van der Waals surface area contributed by atoms with Crippen molar-refractivity contribution < 1.29 is 9.18 Å². The van der Waals surface area contributed by atoms with Crippen LogP contribution >= 0.6 is 11.3 Å². The number of nitrogen functional groups attached to an aromatic ring is 1. The van der Waals surface area contributed by atoms with E-state index >= 15 is 0 Å². The normalized spacial score (nSPS) is 11.8. The summed E-state index contributed by atoms with van der Waals surface area (Å²) in [6.07, 6.45) is 0.887. The van der Waals surface area contributed by atoms with Crippen molar-refractivity contribution in [1.82, 2.24) is 5.32 Å². The van der Waals surface area contributed by atoms with Crippen LogP contribution in [0.5, 0.6) is 0 Å². The average Bonchev–Trinajstić information content (AvgIpc) is 2.65. The molecule has 0 unspecified atom stereocenters. The van der Waals surface area contributed by atoms with Crippen LogP contribution in [0.2, 0.25) is 0 Å². The van der Waals surface area contributed by atoms with E-state index in [4.69, 9.17) is 5.73 Å². The fourth-order valence-corrected chi connectivity index (χ4v) is 2.91. The second-order valence-electron chi connectivity index (χ2n) is 6.05. The number of carbonyl (C=O) groups excluding carboxylic acids is 1. The van der Waals surface area contributed by atoms with Crippen LogP contribution in [0.25, 0.3) is 10.1 Å². The highest BCUT2D eigenvalue weighted by atomic mass is 32.1. The molecule has 2 rings (SSSR count). The van der Waals surface area contributed by atoms with Crippen molar-refractivity contribution >= 4 is 33.0 Å². The quantitative estimate of drug-likeness (QED) is 0.905. The standard InChI is InChI=1S/C15H19FN2OS/c1-15(2,3)6-7-18-14(19)13-12(17)10-8-9(16)4-5-11(10)20-13/h4-5,8H,6-7,17H2,1-3H3,(H,18,19). The molecule has 1 aromatic carbocycles. The van der Waals surface area contributed by atoms with Gasteiger partial charge in [-0.15, -0.1) is 11.3 Å². The first-order valence-electron chi connectivity index (χ1n) is 6.54. The van der Waals surface area contributed by atoms with E-state index < -0.39 is 0 Å². The van der Waals surface area contributed by atoms with Gasteiger partial charge in [0.15, 0.2) is 0 Å². The van der Waals surface area contributed by atoms with Gasteiger partial charge in [0, 0.05) is 16.6 Å². The van der Waals surface area contributed by atoms with Gasteiger partial charge in [-0.25, -0.2) is 4.39 Å². The molecule has 0 radical (unpaired) electrons. The number of anilines is 1. The van der Waals surface area contributed by atoms with Crippen LogP contribution in [0, 0.1) is 11.2 Å². The number of amides is 1. The minimum atomic E-state index is -0.346. The van der Waals surface area contributed by atoms with Crippen LogP contribution in [-0.2, 0) is 0 Å². The lowest BCUT2D eigenvalue weighted by Crippen LogP contribution is -2.27. The molecule has 0 saturated carbocycles. The first-order chi connectivity index (χ1) is 9.28. The molecule has 108 valence electrons. The number of hydrogen-bond donors (Lipinski definition) is 2. The lowest BCUT2D eigenvalue weighted by atomic mass is 9.92. The maximum absolute atomic E-state index is 13.2. The number of nitrogens with two attached hydrogens (primary N) is 1. The number of hydrogen-bond acceptors (Lipinski definition) is 3. The summed E-state index contributed by atoms with van der Waals surface area (Å²) in [7, 11) is 0. The van der Waals surface area contributed by atoms with E-state index in [2.05, 4.69) is 26.1 Å². The van der Waals surface area contributed by atoms with Gasteiger partial charge in [-0.2, -0.15) is 0 Å². The number of rotatable bonds is 3. The molecule has 1 heterocycles. The largest absolute Gasteiger partial charge is 0.397 e. The summed E-state index contributed by atoms with van der Waals surface area (Å²) in [6, 6.07) is 4.39. The molecule has 3 N–H and O–H groups in total. The Bertz CT molecular complexity index is 643. The fourth-order valence-electron chi connectivity index (χ4n) is 1.89. The number of carbonyl (C=O) groups is 1. The van der Waals surface area contributed by atoms with Gasteiger partial charge in [-0.05, 0) is 30.0 Å². The van der Waals surface area contributed by atoms with E-state index in [1.54, 1.807) is 6.07 Å². The maximum atomic E-state index is 13.2. The van der Waals surface area contributed by atoms with Crippen molar-refractivity contribution in [1.29, 1.82) is 0 Å². The summed E-state index contributed by atoms with van der Waals surface area (Å²) in [5.74, 6) is -0.532. The Morgan fingerprint density at radius 2 is 2.10 bits per heavy atom. The molecule has 5 heteroatoms. The molecule has 1 amide bonds. The van der Waals surface area contributed by atoms with E-state index in [0.29, 0.717) is 22.5 Å². The third-order valence-corrected chi connectivity index (χ3v) is 4.24. The molecule has 1 aromatic heterocycles. The third-order valence-electron chi connectivity index (χ3n) is 3.06. The van der Waals surface area contributed by atoms with Crippen LogP contribution in [0.4, 0.5) is 10.1 Å². The van der Waals surface area contributed by atoms with E-state index in [0.717, 1.165) is 11.1 Å². The van der Waals surface area contributed by atoms with E-state index in [-0.39, 0.29) is 17.1 Å². The van der Waals surface area contributed by atoms with Crippen molar-refractivity contribution in [3.63, 3.8) is 0 Å². The van der Waals surface area contributed by atoms with Gasteiger partial charge in [0.25, 0.3) is 5.91 Å². The van der Waals surface area contributed by atoms with Crippen LogP contribution in [-0.4, -0.2) is 12.5 Å². The van der Waals surface area contributed by atoms with Crippen LogP contribution in [0.15, 0.2) is 18.2 Å². The molecule has 0 aliphatic heterocycles. The smallest absolute Gasteiger partial charge is 0.263 e. The second-order valence-corrected chi connectivity index (χ2v) is 7.10. The number of halogens is 1. The minimum absolute atomic E-state index is 0.169. The van der Waals surface area contributed by atoms with Gasteiger partial charge >= 0.3 is 0 Å². The summed E-state index contributed by atoms with van der Waals surface area (Å²) in [5.41, 5.74) is 6.48. The Hall–Kier alpha value is -1.62. The molecule has 0 bridgehead atoms. The highest BCUT2D eigenvalue weighted by Gasteiger charge is 2.17. The monoisotopic (exact) mass is 294 g/mol. The SMILES string of the molecule is CC(C)(C)CCNC(=O)c1sc2ccc(F)cc2c1N. The first-order valence-corrected chi connectivity index (χ1v) is 7.35. The maximum Gasteiger partial charge on any atom is 0.263 e. The Morgan fingerprint density at radius 3 is 2.75 bits per heavy atom. The summed E-state index contributed by atoms with van der Waals surface area (Å²) in [5, 5.41) is 3.48. The van der Waals surface area contributed by atoms with Gasteiger partial charge in [0.05, 0.1) is 5.69 Å². The Kier molecular flexibility index (Phi) is 3.99. The van der Waals surface area contributed by atoms with Gasteiger partial charge in [0.2, 0.25) is 0 Å². The minimum Gasteiger partial charge on any atom is -0.397 e. The summed E-state index contributed by atoms with van der Waals surface area (Å²) < 4.78 is 14.0. The van der Waals surface area contributed by atoms with Crippen molar-refractivity contribution in [3.05, 3.63) is 28.9 Å². The van der Waals surface area contributed by atoms with E-state index in [1.807, 2.05) is 0 Å². The molecule has 0 aliphatic rings. The molecule has 0 spiro atoms. The van der Waals surface area contributed by atoms with Crippen LogP contribution in [0.1, 0.15) is 36.9 Å². The zero-order chi connectivity index (χ0) is 14.9. The van der Waals surface area contributed by atoms with E-state index in [9.17, 15) is 9.18 Å². The highest BCUT2D eigenvalue weighted by Crippen LogP contribution is 2.34. The van der Waals surface area contributed by atoms with Crippen LogP contribution in [0.3, 0.4) is 0 Å². The number of nitrogens with one attached hydrogen (secondary N) is 1. The predicted molar refractivity (Wildman–Crippen MR) is 82.6 cm³/mol. The van der Waals surface area contributed by atoms with Crippen molar-refractivity contribution in [3.8, 4) is 0 Å². The molecule has 0 atom stereocenters. The third kappa shape index (κ3) is 3.28. The van der Waals surface area contributed by atoms with E-state index in [1.165, 1.54) is 23.5 Å². The molecular formula is C15H19FN2OS. The van der Waals surface area contributed by atoms with Crippen molar-refractivity contribution in [2.24, 2.45) is 5.41 Å². The Morgan fingerprint density at radius 1 is 1.40 bits per heavy atom. The zero-order valence-corrected chi connectivity index (χ0v) is 12.7. The first kappa shape index (κ1) is 14.8. The molecule has 2 aromatic rings. The Labute approximate surface area is 122 Å². The second kappa shape index (κ2) is 5.40. The predicted octanol–water partition coefficient (Wildman–Crippen LogP) is 3.79. The number of benzene rings is 1. The fraction of sp³-hybridized carbons (Fsp3) is 0.400. The molecule has 3 nitrogen and oxygen atoms in total. The lowest BCUT2D eigenvalue weighted by Gasteiger charge is -2.17. The van der Waals surface area contributed by atoms with Gasteiger partial charge in [-0.1, -0.05) is 20.8 Å². The molecule has 0 saturated heterocycles. The zero-order valence-electron chi connectivity index (χ0n) is 11.9. The summed E-state index contributed by atoms with van der Waals surface area (Å²) in [6.45, 7) is 6.96.